The molecule has 2 bridgehead atoms. The van der Waals surface area contributed by atoms with Crippen molar-refractivity contribution in [3.8, 4) is 11.3 Å². The number of halogens is 1. The maximum Gasteiger partial charge on any atom is 0.307 e. The molecule has 0 radical (unpaired) electrons. The maximum absolute atomic E-state index is 13.6. The fourth-order valence-corrected chi connectivity index (χ4v) is 5.32. The molecule has 3 aliphatic carbocycles. The van der Waals surface area contributed by atoms with Crippen molar-refractivity contribution < 1.29 is 14.3 Å². The third kappa shape index (κ3) is 2.85. The second-order valence-corrected chi connectivity index (χ2v) is 8.05. The molecule has 3 aliphatic rings. The fraction of sp³-hybridized carbons (Fsp3) is 0.429. The summed E-state index contributed by atoms with van der Waals surface area (Å²) in [6.07, 6.45) is 11.2. The van der Waals surface area contributed by atoms with Gasteiger partial charge >= 0.3 is 5.97 Å². The molecule has 7 heteroatoms. The van der Waals surface area contributed by atoms with E-state index < -0.39 is 11.8 Å². The van der Waals surface area contributed by atoms with Crippen molar-refractivity contribution in [2.24, 2.45) is 23.7 Å². The average molecular weight is 380 g/mol. The lowest BCUT2D eigenvalue weighted by atomic mass is 9.57. The first-order valence-electron chi connectivity index (χ1n) is 9.77. The Bertz CT molecular complexity index is 1040. The van der Waals surface area contributed by atoms with Crippen LogP contribution in [0.2, 0.25) is 0 Å². The average Bonchev–Trinajstić information content (AvgIpc) is 3.12. The highest BCUT2D eigenvalue weighted by molar-refractivity contribution is 5.92. The van der Waals surface area contributed by atoms with Crippen LogP contribution in [0.1, 0.15) is 31.4 Å². The van der Waals surface area contributed by atoms with Gasteiger partial charge in [0.05, 0.1) is 29.7 Å². The van der Waals surface area contributed by atoms with Crippen molar-refractivity contribution in [3.63, 3.8) is 0 Å². The number of aromatic amines is 1. The predicted molar refractivity (Wildman–Crippen MR) is 101 cm³/mol. The third-order valence-corrected chi connectivity index (χ3v) is 6.58. The number of nitrogens with zero attached hydrogens (tertiary/aromatic N) is 3. The second kappa shape index (κ2) is 6.65. The Kier molecular flexibility index (Phi) is 4.10. The van der Waals surface area contributed by atoms with E-state index in [-0.39, 0.29) is 17.8 Å². The summed E-state index contributed by atoms with van der Waals surface area (Å²) >= 11 is 0. The van der Waals surface area contributed by atoms with Gasteiger partial charge in [-0.25, -0.2) is 14.4 Å². The number of aliphatic carboxylic acids is 1. The van der Waals surface area contributed by atoms with Crippen LogP contribution >= 0.6 is 0 Å². The monoisotopic (exact) mass is 380 g/mol. The van der Waals surface area contributed by atoms with Gasteiger partial charge in [-0.1, -0.05) is 0 Å². The van der Waals surface area contributed by atoms with Crippen LogP contribution in [0.3, 0.4) is 0 Å². The number of H-pyrrole nitrogens is 1. The van der Waals surface area contributed by atoms with Crippen molar-refractivity contribution in [1.29, 1.82) is 0 Å². The first-order valence-corrected chi connectivity index (χ1v) is 9.77. The topological polar surface area (TPSA) is 91.8 Å². The largest absolute Gasteiger partial charge is 0.481 e. The molecule has 0 unspecified atom stereocenters. The second-order valence-electron chi connectivity index (χ2n) is 8.05. The fourth-order valence-electron chi connectivity index (χ4n) is 5.32. The molecule has 3 aromatic rings. The SMILES string of the molecule is O=C(O)[C@H]1C2CCC(CC2)[C@@H]1Cc1cncc(-c2c[nH]c3ncc(F)cc23)n1. The van der Waals surface area contributed by atoms with Crippen LogP contribution in [0.4, 0.5) is 4.39 Å². The van der Waals surface area contributed by atoms with E-state index in [0.717, 1.165) is 36.9 Å². The van der Waals surface area contributed by atoms with E-state index in [4.69, 9.17) is 4.98 Å². The van der Waals surface area contributed by atoms with Crippen molar-refractivity contribution in [2.45, 2.75) is 32.1 Å². The molecular weight excluding hydrogens is 359 g/mol. The highest BCUT2D eigenvalue weighted by atomic mass is 19.1. The maximum atomic E-state index is 13.6. The van der Waals surface area contributed by atoms with Gasteiger partial charge in [0.15, 0.2) is 0 Å². The standard InChI is InChI=1S/C21H21FN4O2/c22-13-5-16-17(9-25-20(16)24-7-13)18-10-23-8-14(26-18)6-15-11-1-3-12(4-2-11)19(15)21(27)28/h5,7-12,15,19H,1-4,6H2,(H,24,25)(H,27,28)/t11?,12?,15-,19-/m0/s1. The number of carboxylic acids is 1. The lowest BCUT2D eigenvalue weighted by Crippen LogP contribution is -2.45. The summed E-state index contributed by atoms with van der Waals surface area (Å²) in [6.45, 7) is 0. The van der Waals surface area contributed by atoms with Gasteiger partial charge in [0, 0.05) is 23.3 Å². The van der Waals surface area contributed by atoms with Crippen LogP contribution in [0, 0.1) is 29.5 Å². The van der Waals surface area contributed by atoms with Gasteiger partial charge in [0.2, 0.25) is 0 Å². The molecule has 3 heterocycles. The summed E-state index contributed by atoms with van der Waals surface area (Å²) in [5, 5.41) is 10.4. The molecule has 0 aliphatic heterocycles. The first kappa shape index (κ1) is 17.3. The molecule has 6 rings (SSSR count). The van der Waals surface area contributed by atoms with E-state index in [0.29, 0.717) is 29.1 Å². The molecule has 6 nitrogen and oxygen atoms in total. The minimum Gasteiger partial charge on any atom is -0.481 e. The van der Waals surface area contributed by atoms with E-state index in [1.54, 1.807) is 18.6 Å². The van der Waals surface area contributed by atoms with Crippen LogP contribution in [0.15, 0.2) is 30.9 Å². The molecule has 144 valence electrons. The highest BCUT2D eigenvalue weighted by Gasteiger charge is 2.47. The molecule has 0 saturated heterocycles. The van der Waals surface area contributed by atoms with E-state index in [1.807, 2.05) is 0 Å². The van der Waals surface area contributed by atoms with Crippen molar-refractivity contribution in [2.75, 3.05) is 0 Å². The highest BCUT2D eigenvalue weighted by Crippen LogP contribution is 2.50. The zero-order valence-corrected chi connectivity index (χ0v) is 15.3. The molecule has 0 aromatic carbocycles. The van der Waals surface area contributed by atoms with Gasteiger partial charge < -0.3 is 10.1 Å². The van der Waals surface area contributed by atoms with Crippen LogP contribution in [-0.4, -0.2) is 31.0 Å². The number of rotatable bonds is 4. The molecule has 28 heavy (non-hydrogen) atoms. The Balaban J connectivity index is 1.47. The lowest BCUT2D eigenvalue weighted by molar-refractivity contribution is -0.152. The first-order chi connectivity index (χ1) is 13.6. The van der Waals surface area contributed by atoms with Crippen LogP contribution < -0.4 is 0 Å². The predicted octanol–water partition coefficient (Wildman–Crippen LogP) is 3.84. The normalized spacial score (nSPS) is 26.6. The zero-order valence-electron chi connectivity index (χ0n) is 15.3. The number of pyridine rings is 1. The number of hydrogen-bond donors (Lipinski definition) is 2. The number of nitrogens with one attached hydrogen (secondary N) is 1. The number of hydrogen-bond acceptors (Lipinski definition) is 4. The van der Waals surface area contributed by atoms with Gasteiger partial charge in [-0.3, -0.25) is 9.78 Å². The van der Waals surface area contributed by atoms with Crippen LogP contribution in [0.25, 0.3) is 22.3 Å². The van der Waals surface area contributed by atoms with Crippen LogP contribution in [0.5, 0.6) is 0 Å². The summed E-state index contributed by atoms with van der Waals surface area (Å²) < 4.78 is 13.6. The Morgan fingerprint density at radius 2 is 1.96 bits per heavy atom. The number of carboxylic acid groups (broad SMARTS) is 1. The Morgan fingerprint density at radius 3 is 2.75 bits per heavy atom. The lowest BCUT2D eigenvalue weighted by Gasteiger charge is -2.46. The van der Waals surface area contributed by atoms with Gasteiger partial charge in [0.1, 0.15) is 11.5 Å². The summed E-state index contributed by atoms with van der Waals surface area (Å²) in [6, 6.07) is 1.43. The summed E-state index contributed by atoms with van der Waals surface area (Å²) in [5.41, 5.74) is 2.78. The van der Waals surface area contributed by atoms with Crippen molar-refractivity contribution >= 4 is 17.0 Å². The molecule has 2 N–H and O–H groups in total. The molecule has 0 amide bonds. The van der Waals surface area contributed by atoms with Gasteiger partial charge in [-0.2, -0.15) is 0 Å². The Morgan fingerprint density at radius 1 is 1.18 bits per heavy atom. The smallest absolute Gasteiger partial charge is 0.307 e. The molecule has 3 fully saturated rings. The van der Waals surface area contributed by atoms with E-state index in [1.165, 1.54) is 12.3 Å². The molecule has 3 saturated carbocycles. The molecule has 0 spiro atoms. The number of carbonyl (C=O) groups is 1. The Hall–Kier alpha value is -2.83. The Labute approximate surface area is 161 Å². The minimum atomic E-state index is -0.679. The zero-order chi connectivity index (χ0) is 19.3. The third-order valence-electron chi connectivity index (χ3n) is 6.58. The molecule has 3 aromatic heterocycles. The van der Waals surface area contributed by atoms with Crippen LogP contribution in [-0.2, 0) is 11.2 Å². The van der Waals surface area contributed by atoms with E-state index in [9.17, 15) is 14.3 Å². The number of fused-ring (bicyclic) bond motifs is 4. The van der Waals surface area contributed by atoms with Gasteiger partial charge in [-0.15, -0.1) is 0 Å². The number of aromatic nitrogens is 4. The summed E-state index contributed by atoms with van der Waals surface area (Å²) in [5.74, 6) is -0.531. The van der Waals surface area contributed by atoms with E-state index >= 15 is 0 Å². The van der Waals surface area contributed by atoms with E-state index in [2.05, 4.69) is 15.0 Å². The quantitative estimate of drug-likeness (QED) is 0.717. The van der Waals surface area contributed by atoms with Crippen molar-refractivity contribution in [1.82, 2.24) is 19.9 Å². The summed E-state index contributed by atoms with van der Waals surface area (Å²) in [4.78, 5) is 28.1. The van der Waals surface area contributed by atoms with Gasteiger partial charge in [-0.05, 0) is 55.9 Å². The van der Waals surface area contributed by atoms with Gasteiger partial charge in [0.25, 0.3) is 0 Å². The van der Waals surface area contributed by atoms with Crippen molar-refractivity contribution in [3.05, 3.63) is 42.4 Å². The minimum absolute atomic E-state index is 0.108. The molecule has 2 atom stereocenters. The summed E-state index contributed by atoms with van der Waals surface area (Å²) in [7, 11) is 0. The molecular formula is C21H21FN4O2.